The lowest BCUT2D eigenvalue weighted by molar-refractivity contribution is 0.336. The van der Waals surface area contributed by atoms with Crippen molar-refractivity contribution in [2.75, 3.05) is 13.2 Å². The van der Waals surface area contributed by atoms with Crippen LogP contribution in [0, 0.1) is 6.92 Å². The van der Waals surface area contributed by atoms with Gasteiger partial charge in [0, 0.05) is 25.1 Å². The van der Waals surface area contributed by atoms with Gasteiger partial charge in [0.05, 0.1) is 19.7 Å². The molecule has 0 aliphatic carbocycles. The number of nitrogens with one attached hydrogen (secondary N) is 2. The molecule has 8 heteroatoms. The summed E-state index contributed by atoms with van der Waals surface area (Å²) in [5, 5.41) is 15.2. The molecule has 1 aliphatic heterocycles. The van der Waals surface area contributed by atoms with Crippen molar-refractivity contribution in [1.82, 2.24) is 25.4 Å². The first-order chi connectivity index (χ1) is 12.7. The van der Waals surface area contributed by atoms with Crippen molar-refractivity contribution in [2.24, 2.45) is 4.99 Å². The van der Waals surface area contributed by atoms with Crippen LogP contribution < -0.4 is 15.4 Å². The van der Waals surface area contributed by atoms with E-state index in [9.17, 15) is 0 Å². The van der Waals surface area contributed by atoms with Crippen LogP contribution in [0.5, 0.6) is 5.75 Å². The zero-order valence-electron chi connectivity index (χ0n) is 16.3. The van der Waals surface area contributed by atoms with Crippen LogP contribution in [0.4, 0.5) is 0 Å². The maximum Gasteiger partial charge on any atom is 0.191 e. The Kier molecular flexibility index (Phi) is 8.33. The summed E-state index contributed by atoms with van der Waals surface area (Å²) in [4.78, 5) is 4.71. The van der Waals surface area contributed by atoms with Gasteiger partial charge in [-0.05, 0) is 38.8 Å². The number of aryl methyl sites for hydroxylation is 2. The van der Waals surface area contributed by atoms with Gasteiger partial charge in [-0.25, -0.2) is 4.99 Å². The van der Waals surface area contributed by atoms with Gasteiger partial charge in [0.15, 0.2) is 11.8 Å². The topological polar surface area (TPSA) is 76.4 Å². The summed E-state index contributed by atoms with van der Waals surface area (Å²) in [5.74, 6) is 3.73. The van der Waals surface area contributed by atoms with Crippen molar-refractivity contribution >= 4 is 29.9 Å². The molecule has 0 spiro atoms. The smallest absolute Gasteiger partial charge is 0.191 e. The third kappa shape index (κ3) is 5.57. The highest BCUT2D eigenvalue weighted by molar-refractivity contribution is 14.0. The standard InChI is InChI=1S/C19H28N6O.HI/c1-4-20-19(22-13-18-24-23-17-7-6-10-25(17)18)21-12-15-9-8-14(3)11-16(15)26-5-2;/h8-9,11H,4-7,10,12-13H2,1-3H3,(H2,20,21,22);1H. The molecular weight excluding hydrogens is 455 g/mol. The number of hydrogen-bond donors (Lipinski definition) is 2. The predicted molar refractivity (Wildman–Crippen MR) is 118 cm³/mol. The summed E-state index contributed by atoms with van der Waals surface area (Å²) in [6.45, 7) is 9.76. The van der Waals surface area contributed by atoms with Gasteiger partial charge in [-0.3, -0.25) is 0 Å². The maximum atomic E-state index is 5.75. The van der Waals surface area contributed by atoms with E-state index in [0.717, 1.165) is 54.9 Å². The lowest BCUT2D eigenvalue weighted by atomic mass is 10.1. The summed E-state index contributed by atoms with van der Waals surface area (Å²) in [7, 11) is 0. The van der Waals surface area contributed by atoms with Gasteiger partial charge in [-0.1, -0.05) is 12.1 Å². The van der Waals surface area contributed by atoms with E-state index in [-0.39, 0.29) is 24.0 Å². The minimum Gasteiger partial charge on any atom is -0.494 e. The van der Waals surface area contributed by atoms with E-state index in [1.807, 2.05) is 6.92 Å². The number of guanidine groups is 1. The number of fused-ring (bicyclic) bond motifs is 1. The molecule has 27 heavy (non-hydrogen) atoms. The number of aromatic nitrogens is 3. The third-order valence-electron chi connectivity index (χ3n) is 4.37. The highest BCUT2D eigenvalue weighted by atomic mass is 127. The average molecular weight is 484 g/mol. The van der Waals surface area contributed by atoms with Crippen LogP contribution in [0.1, 0.15) is 43.0 Å². The highest BCUT2D eigenvalue weighted by Crippen LogP contribution is 2.21. The quantitative estimate of drug-likeness (QED) is 0.359. The Morgan fingerprint density at radius 3 is 2.89 bits per heavy atom. The monoisotopic (exact) mass is 484 g/mol. The number of halogens is 1. The van der Waals surface area contributed by atoms with E-state index in [1.165, 1.54) is 5.56 Å². The normalized spacial score (nSPS) is 13.1. The molecule has 7 nitrogen and oxygen atoms in total. The van der Waals surface area contributed by atoms with E-state index >= 15 is 0 Å². The molecule has 3 rings (SSSR count). The zero-order valence-corrected chi connectivity index (χ0v) is 18.6. The van der Waals surface area contributed by atoms with Crippen molar-refractivity contribution in [3.05, 3.63) is 41.0 Å². The molecule has 1 aromatic carbocycles. The Balaban J connectivity index is 0.00000261. The lowest BCUT2D eigenvalue weighted by Gasteiger charge is -2.13. The van der Waals surface area contributed by atoms with Gasteiger partial charge >= 0.3 is 0 Å². The minimum atomic E-state index is 0. The molecule has 1 aromatic heterocycles. The SMILES string of the molecule is CCNC(=NCc1ccc(C)cc1OCC)NCc1nnc2n1CCC2.I. The number of benzene rings is 1. The Morgan fingerprint density at radius 1 is 1.26 bits per heavy atom. The lowest BCUT2D eigenvalue weighted by Crippen LogP contribution is -2.37. The molecule has 2 N–H and O–H groups in total. The number of rotatable bonds is 7. The van der Waals surface area contributed by atoms with Crippen molar-refractivity contribution in [1.29, 1.82) is 0 Å². The second-order valence-corrected chi connectivity index (χ2v) is 6.38. The molecule has 0 fully saturated rings. The largest absolute Gasteiger partial charge is 0.494 e. The molecule has 0 bridgehead atoms. The fraction of sp³-hybridized carbons (Fsp3) is 0.526. The number of nitrogens with zero attached hydrogens (tertiary/aromatic N) is 4. The number of hydrogen-bond acceptors (Lipinski definition) is 4. The molecule has 0 amide bonds. The summed E-state index contributed by atoms with van der Waals surface area (Å²) in [6.07, 6.45) is 2.18. The van der Waals surface area contributed by atoms with E-state index < -0.39 is 0 Å². The number of ether oxygens (including phenoxy) is 1. The van der Waals surface area contributed by atoms with E-state index in [1.54, 1.807) is 0 Å². The first-order valence-corrected chi connectivity index (χ1v) is 9.36. The Bertz CT molecular complexity index is 774. The van der Waals surface area contributed by atoms with Crippen LogP contribution in [0.3, 0.4) is 0 Å². The molecular formula is C19H29IN6O. The van der Waals surface area contributed by atoms with Crippen molar-refractivity contribution in [2.45, 2.75) is 53.2 Å². The zero-order chi connectivity index (χ0) is 18.4. The van der Waals surface area contributed by atoms with Gasteiger partial charge in [0.1, 0.15) is 11.6 Å². The second-order valence-electron chi connectivity index (χ2n) is 6.38. The Hall–Kier alpha value is -1.84. The first-order valence-electron chi connectivity index (χ1n) is 9.36. The van der Waals surface area contributed by atoms with Crippen LogP contribution in [0.15, 0.2) is 23.2 Å². The molecule has 148 valence electrons. The van der Waals surface area contributed by atoms with Crippen LogP contribution in [-0.2, 0) is 26.1 Å². The van der Waals surface area contributed by atoms with E-state index in [4.69, 9.17) is 9.73 Å². The van der Waals surface area contributed by atoms with Gasteiger partial charge in [0.2, 0.25) is 0 Å². The number of aliphatic imine (C=N–C) groups is 1. The second kappa shape index (κ2) is 10.5. The average Bonchev–Trinajstić information content (AvgIpc) is 3.23. The molecule has 0 radical (unpaired) electrons. The van der Waals surface area contributed by atoms with Crippen LogP contribution in [0.25, 0.3) is 0 Å². The Labute approximate surface area is 178 Å². The van der Waals surface area contributed by atoms with E-state index in [2.05, 4.69) is 57.4 Å². The minimum absolute atomic E-state index is 0. The summed E-state index contributed by atoms with van der Waals surface area (Å²) >= 11 is 0. The first kappa shape index (κ1) is 21.5. The molecule has 2 heterocycles. The van der Waals surface area contributed by atoms with Crippen molar-refractivity contribution < 1.29 is 4.74 Å². The van der Waals surface area contributed by atoms with Crippen molar-refractivity contribution in [3.63, 3.8) is 0 Å². The fourth-order valence-corrected chi connectivity index (χ4v) is 3.09. The highest BCUT2D eigenvalue weighted by Gasteiger charge is 2.17. The molecule has 0 saturated heterocycles. The van der Waals surface area contributed by atoms with E-state index in [0.29, 0.717) is 19.7 Å². The molecule has 0 saturated carbocycles. The van der Waals surface area contributed by atoms with Gasteiger partial charge in [-0.15, -0.1) is 34.2 Å². The van der Waals surface area contributed by atoms with Gasteiger partial charge in [0.25, 0.3) is 0 Å². The Morgan fingerprint density at radius 2 is 2.11 bits per heavy atom. The summed E-state index contributed by atoms with van der Waals surface area (Å²) in [5.41, 5.74) is 2.27. The molecule has 0 unspecified atom stereocenters. The molecule has 2 aromatic rings. The summed E-state index contributed by atoms with van der Waals surface area (Å²) in [6, 6.07) is 6.24. The van der Waals surface area contributed by atoms with Gasteiger partial charge < -0.3 is 19.9 Å². The van der Waals surface area contributed by atoms with Crippen LogP contribution in [-0.4, -0.2) is 33.9 Å². The molecule has 1 aliphatic rings. The fourth-order valence-electron chi connectivity index (χ4n) is 3.09. The van der Waals surface area contributed by atoms with Crippen LogP contribution >= 0.6 is 24.0 Å². The third-order valence-corrected chi connectivity index (χ3v) is 4.37. The van der Waals surface area contributed by atoms with Crippen LogP contribution in [0.2, 0.25) is 0 Å². The predicted octanol–water partition coefficient (Wildman–Crippen LogP) is 2.80. The summed E-state index contributed by atoms with van der Waals surface area (Å²) < 4.78 is 7.95. The molecule has 0 atom stereocenters. The van der Waals surface area contributed by atoms with Gasteiger partial charge in [-0.2, -0.15) is 0 Å². The maximum absolute atomic E-state index is 5.75. The van der Waals surface area contributed by atoms with Crippen molar-refractivity contribution in [3.8, 4) is 5.75 Å².